The van der Waals surface area contributed by atoms with Crippen LogP contribution in [0.5, 0.6) is 0 Å². The largest absolute Gasteiger partial charge is 0.384 e. The molecule has 2 aromatic heterocycles. The molecule has 94 valence electrons. The first-order valence-corrected chi connectivity index (χ1v) is 6.59. The van der Waals surface area contributed by atoms with Crippen molar-refractivity contribution in [1.82, 2.24) is 15.0 Å². The van der Waals surface area contributed by atoms with Gasteiger partial charge in [-0.2, -0.15) is 0 Å². The number of hydrogen-bond acceptors (Lipinski definition) is 4. The summed E-state index contributed by atoms with van der Waals surface area (Å²) in [4.78, 5) is 13.2. The highest BCUT2D eigenvalue weighted by Crippen LogP contribution is 2.30. The van der Waals surface area contributed by atoms with Crippen molar-refractivity contribution in [1.29, 1.82) is 0 Å². The van der Waals surface area contributed by atoms with Gasteiger partial charge in [0.15, 0.2) is 5.82 Å². The summed E-state index contributed by atoms with van der Waals surface area (Å²) in [7, 11) is 0. The number of rotatable bonds is 1. The van der Waals surface area contributed by atoms with Gasteiger partial charge in [0, 0.05) is 33.4 Å². The fourth-order valence-electron chi connectivity index (χ4n) is 2.03. The molecular formula is C14H11BrN4. The number of benzene rings is 1. The summed E-state index contributed by atoms with van der Waals surface area (Å²) in [6, 6.07) is 9.59. The van der Waals surface area contributed by atoms with E-state index < -0.39 is 0 Å². The highest BCUT2D eigenvalue weighted by Gasteiger charge is 2.10. The number of nitrogens with two attached hydrogens (primary N) is 1. The van der Waals surface area contributed by atoms with E-state index in [0.29, 0.717) is 11.6 Å². The molecule has 0 saturated heterocycles. The van der Waals surface area contributed by atoms with Crippen molar-refractivity contribution in [3.8, 4) is 11.4 Å². The van der Waals surface area contributed by atoms with Crippen LogP contribution in [0.3, 0.4) is 0 Å². The number of aromatic nitrogens is 3. The van der Waals surface area contributed by atoms with Crippen LogP contribution in [0.4, 0.5) is 5.82 Å². The predicted octanol–water partition coefficient (Wildman–Crippen LogP) is 3.34. The zero-order valence-electron chi connectivity index (χ0n) is 10.3. The molecule has 5 heteroatoms. The second kappa shape index (κ2) is 4.59. The number of anilines is 1. The van der Waals surface area contributed by atoms with Crippen LogP contribution in [0.1, 0.15) is 5.69 Å². The smallest absolute Gasteiger partial charge is 0.163 e. The lowest BCUT2D eigenvalue weighted by atomic mass is 10.1. The third-order valence-electron chi connectivity index (χ3n) is 2.83. The summed E-state index contributed by atoms with van der Waals surface area (Å²) in [5, 5.41) is 1.03. The first kappa shape index (κ1) is 12.0. The normalized spacial score (nSPS) is 10.8. The average molecular weight is 315 g/mol. The molecule has 0 bridgehead atoms. The Balaban J connectivity index is 2.34. The number of pyridine rings is 1. The van der Waals surface area contributed by atoms with Gasteiger partial charge in [0.1, 0.15) is 5.82 Å². The summed E-state index contributed by atoms with van der Waals surface area (Å²) in [5.41, 5.74) is 8.38. The van der Waals surface area contributed by atoms with E-state index in [1.165, 1.54) is 0 Å². The van der Waals surface area contributed by atoms with Gasteiger partial charge in [-0.3, -0.25) is 4.98 Å². The van der Waals surface area contributed by atoms with Crippen molar-refractivity contribution in [3.05, 3.63) is 46.7 Å². The number of nitrogen functional groups attached to an aromatic ring is 1. The van der Waals surface area contributed by atoms with Gasteiger partial charge in [0.05, 0.1) is 5.52 Å². The number of halogens is 1. The Morgan fingerprint density at radius 3 is 2.79 bits per heavy atom. The van der Waals surface area contributed by atoms with Crippen LogP contribution < -0.4 is 5.73 Å². The quantitative estimate of drug-likeness (QED) is 0.748. The Labute approximate surface area is 118 Å². The molecule has 0 spiro atoms. The van der Waals surface area contributed by atoms with Crippen molar-refractivity contribution in [2.45, 2.75) is 6.92 Å². The molecule has 3 aromatic rings. The average Bonchev–Trinajstić information content (AvgIpc) is 2.38. The maximum atomic E-state index is 5.79. The van der Waals surface area contributed by atoms with Gasteiger partial charge < -0.3 is 5.73 Å². The molecule has 0 amide bonds. The van der Waals surface area contributed by atoms with E-state index in [2.05, 4.69) is 30.9 Å². The van der Waals surface area contributed by atoms with Crippen molar-refractivity contribution in [2.75, 3.05) is 5.73 Å². The van der Waals surface area contributed by atoms with Crippen molar-refractivity contribution >= 4 is 32.7 Å². The van der Waals surface area contributed by atoms with Crippen LogP contribution in [0.25, 0.3) is 22.3 Å². The molecule has 0 unspecified atom stereocenters. The fraction of sp³-hybridized carbons (Fsp3) is 0.0714. The summed E-state index contributed by atoms with van der Waals surface area (Å²) < 4.78 is 1.000. The SMILES string of the molecule is Cc1cc(N)nc(-c2ccc(Br)c3cccnc23)n1. The van der Waals surface area contributed by atoms with Crippen molar-refractivity contribution < 1.29 is 0 Å². The zero-order valence-corrected chi connectivity index (χ0v) is 11.8. The minimum atomic E-state index is 0.467. The second-order valence-corrected chi connectivity index (χ2v) is 5.11. The van der Waals surface area contributed by atoms with E-state index in [0.717, 1.165) is 26.6 Å². The van der Waals surface area contributed by atoms with E-state index in [9.17, 15) is 0 Å². The Bertz CT molecular complexity index is 750. The van der Waals surface area contributed by atoms with Gasteiger partial charge in [-0.15, -0.1) is 0 Å². The molecule has 0 saturated carbocycles. The van der Waals surface area contributed by atoms with Crippen LogP contribution in [0.2, 0.25) is 0 Å². The molecule has 0 fully saturated rings. The lowest BCUT2D eigenvalue weighted by Gasteiger charge is -2.07. The lowest BCUT2D eigenvalue weighted by Crippen LogP contribution is -1.98. The maximum absolute atomic E-state index is 5.79. The highest BCUT2D eigenvalue weighted by molar-refractivity contribution is 9.10. The van der Waals surface area contributed by atoms with Crippen molar-refractivity contribution in [3.63, 3.8) is 0 Å². The van der Waals surface area contributed by atoms with Crippen molar-refractivity contribution in [2.24, 2.45) is 0 Å². The standard InChI is InChI=1S/C14H11BrN4/c1-8-7-12(16)19-14(18-8)10-4-5-11(15)9-3-2-6-17-13(9)10/h2-7H,1H3,(H2,16,18,19). The Hall–Kier alpha value is -2.01. The molecule has 2 N–H and O–H groups in total. The first-order chi connectivity index (χ1) is 9.15. The third-order valence-corrected chi connectivity index (χ3v) is 3.52. The molecule has 2 heterocycles. The van der Waals surface area contributed by atoms with Crippen LogP contribution in [-0.4, -0.2) is 15.0 Å². The summed E-state index contributed by atoms with van der Waals surface area (Å²) >= 11 is 3.53. The highest BCUT2D eigenvalue weighted by atomic mass is 79.9. The fourth-order valence-corrected chi connectivity index (χ4v) is 2.48. The summed E-state index contributed by atoms with van der Waals surface area (Å²) in [6.07, 6.45) is 1.76. The minimum absolute atomic E-state index is 0.467. The van der Waals surface area contributed by atoms with Gasteiger partial charge in [-0.05, 0) is 25.1 Å². The van der Waals surface area contributed by atoms with Gasteiger partial charge in [-0.25, -0.2) is 9.97 Å². The second-order valence-electron chi connectivity index (χ2n) is 4.25. The van der Waals surface area contributed by atoms with Gasteiger partial charge in [0.25, 0.3) is 0 Å². The number of hydrogen-bond donors (Lipinski definition) is 1. The van der Waals surface area contributed by atoms with Crippen LogP contribution >= 0.6 is 15.9 Å². The molecule has 0 aliphatic rings. The van der Waals surface area contributed by atoms with Gasteiger partial charge >= 0.3 is 0 Å². The lowest BCUT2D eigenvalue weighted by molar-refractivity contribution is 1.12. The van der Waals surface area contributed by atoms with Crippen LogP contribution in [0, 0.1) is 6.92 Å². The molecule has 1 aromatic carbocycles. The van der Waals surface area contributed by atoms with E-state index in [4.69, 9.17) is 5.73 Å². The summed E-state index contributed by atoms with van der Waals surface area (Å²) in [5.74, 6) is 1.07. The van der Waals surface area contributed by atoms with Gasteiger partial charge in [0.2, 0.25) is 0 Å². The number of nitrogens with zero attached hydrogens (tertiary/aromatic N) is 3. The molecule has 0 atom stereocenters. The Morgan fingerprint density at radius 2 is 2.00 bits per heavy atom. The Kier molecular flexibility index (Phi) is 2.91. The monoisotopic (exact) mass is 314 g/mol. The molecule has 19 heavy (non-hydrogen) atoms. The minimum Gasteiger partial charge on any atom is -0.384 e. The number of aryl methyl sites for hydroxylation is 1. The van der Waals surface area contributed by atoms with E-state index in [1.807, 2.05) is 31.2 Å². The topological polar surface area (TPSA) is 64.7 Å². The van der Waals surface area contributed by atoms with E-state index >= 15 is 0 Å². The maximum Gasteiger partial charge on any atom is 0.163 e. The zero-order chi connectivity index (χ0) is 13.4. The summed E-state index contributed by atoms with van der Waals surface area (Å²) in [6.45, 7) is 1.90. The molecular weight excluding hydrogens is 304 g/mol. The van der Waals surface area contributed by atoms with Crippen LogP contribution in [0.15, 0.2) is 41.0 Å². The molecule has 0 aliphatic heterocycles. The predicted molar refractivity (Wildman–Crippen MR) is 79.6 cm³/mol. The van der Waals surface area contributed by atoms with Crippen LogP contribution in [-0.2, 0) is 0 Å². The molecule has 0 aliphatic carbocycles. The number of fused-ring (bicyclic) bond motifs is 1. The van der Waals surface area contributed by atoms with E-state index in [1.54, 1.807) is 12.3 Å². The molecule has 0 radical (unpaired) electrons. The Morgan fingerprint density at radius 1 is 1.16 bits per heavy atom. The first-order valence-electron chi connectivity index (χ1n) is 5.80. The molecule has 3 rings (SSSR count). The van der Waals surface area contributed by atoms with Gasteiger partial charge in [-0.1, -0.05) is 22.0 Å². The third kappa shape index (κ3) is 2.17. The molecule has 4 nitrogen and oxygen atoms in total. The van der Waals surface area contributed by atoms with E-state index in [-0.39, 0.29) is 0 Å².